The zero-order valence-corrected chi connectivity index (χ0v) is 11.9. The molecule has 1 aromatic heterocycles. The smallest absolute Gasteiger partial charge is 0.312 e. The molecule has 2 aliphatic rings. The third-order valence-corrected chi connectivity index (χ3v) is 4.63. The summed E-state index contributed by atoms with van der Waals surface area (Å²) in [6.07, 6.45) is 3.38. The summed E-state index contributed by atoms with van der Waals surface area (Å²) >= 11 is 0. The number of carboxylic acid groups (broad SMARTS) is 1. The van der Waals surface area contributed by atoms with E-state index in [0.29, 0.717) is 19.6 Å². The second-order valence-corrected chi connectivity index (χ2v) is 6.11. The van der Waals surface area contributed by atoms with E-state index in [1.165, 1.54) is 0 Å². The molecule has 1 aromatic rings. The zero-order valence-electron chi connectivity index (χ0n) is 11.9. The van der Waals surface area contributed by atoms with Gasteiger partial charge in [-0.05, 0) is 14.0 Å². The van der Waals surface area contributed by atoms with E-state index in [0.717, 1.165) is 24.5 Å². The minimum atomic E-state index is -0.662. The maximum Gasteiger partial charge on any atom is 0.312 e. The second-order valence-electron chi connectivity index (χ2n) is 6.11. The first-order valence-corrected chi connectivity index (χ1v) is 6.92. The fourth-order valence-corrected chi connectivity index (χ4v) is 3.65. The Balaban J connectivity index is 1.77. The number of carboxylic acids is 1. The monoisotopic (exact) mass is 276 g/mol. The number of fused-ring (bicyclic) bond motifs is 1. The molecule has 1 N–H and O–H groups in total. The standard InChI is InChI=1S/C14H20N4O2/c1-10-12(16-4-3-15-10)7-18-6-11-5-17(2)8-14(11,9-18)13(19)20/h3-4,11H,5-9H2,1-2H3,(H,19,20)/t11-,14-/m0/s1. The van der Waals surface area contributed by atoms with Gasteiger partial charge < -0.3 is 10.0 Å². The van der Waals surface area contributed by atoms with Crippen molar-refractivity contribution in [2.75, 3.05) is 33.2 Å². The van der Waals surface area contributed by atoms with E-state index in [2.05, 4.69) is 19.8 Å². The lowest BCUT2D eigenvalue weighted by Gasteiger charge is -2.24. The molecular weight excluding hydrogens is 256 g/mol. The minimum Gasteiger partial charge on any atom is -0.481 e. The quantitative estimate of drug-likeness (QED) is 0.852. The lowest BCUT2D eigenvalue weighted by molar-refractivity contribution is -0.148. The van der Waals surface area contributed by atoms with Crippen molar-refractivity contribution in [2.24, 2.45) is 11.3 Å². The van der Waals surface area contributed by atoms with Gasteiger partial charge in [-0.25, -0.2) is 0 Å². The first-order valence-electron chi connectivity index (χ1n) is 6.92. The minimum absolute atomic E-state index is 0.210. The molecule has 0 aliphatic carbocycles. The molecule has 3 rings (SSSR count). The van der Waals surface area contributed by atoms with Crippen LogP contribution < -0.4 is 0 Å². The van der Waals surface area contributed by atoms with Gasteiger partial charge in [-0.3, -0.25) is 19.7 Å². The highest BCUT2D eigenvalue weighted by atomic mass is 16.4. The summed E-state index contributed by atoms with van der Waals surface area (Å²) in [6.45, 7) is 5.57. The summed E-state index contributed by atoms with van der Waals surface area (Å²) in [4.78, 5) is 24.7. The van der Waals surface area contributed by atoms with Crippen molar-refractivity contribution in [3.05, 3.63) is 23.8 Å². The number of aromatic nitrogens is 2. The summed E-state index contributed by atoms with van der Waals surface area (Å²) in [5.74, 6) is -0.452. The van der Waals surface area contributed by atoms with Gasteiger partial charge in [0.05, 0.1) is 16.8 Å². The van der Waals surface area contributed by atoms with Crippen molar-refractivity contribution >= 4 is 5.97 Å². The molecule has 2 fully saturated rings. The van der Waals surface area contributed by atoms with Crippen LogP contribution in [0.15, 0.2) is 12.4 Å². The predicted molar refractivity (Wildman–Crippen MR) is 73.1 cm³/mol. The molecule has 0 spiro atoms. The average Bonchev–Trinajstić information content (AvgIpc) is 2.85. The van der Waals surface area contributed by atoms with Crippen molar-refractivity contribution in [3.8, 4) is 0 Å². The summed E-state index contributed by atoms with van der Waals surface area (Å²) in [5.41, 5.74) is 1.26. The number of aryl methyl sites for hydroxylation is 1. The molecule has 0 unspecified atom stereocenters. The number of hydrogen-bond acceptors (Lipinski definition) is 5. The number of rotatable bonds is 3. The normalized spacial score (nSPS) is 30.6. The average molecular weight is 276 g/mol. The molecule has 6 nitrogen and oxygen atoms in total. The van der Waals surface area contributed by atoms with E-state index < -0.39 is 11.4 Å². The van der Waals surface area contributed by atoms with Crippen molar-refractivity contribution in [1.82, 2.24) is 19.8 Å². The van der Waals surface area contributed by atoms with E-state index >= 15 is 0 Å². The zero-order chi connectivity index (χ0) is 14.3. The molecule has 6 heteroatoms. The molecule has 3 heterocycles. The number of aliphatic carboxylic acids is 1. The SMILES string of the molecule is Cc1nccnc1CN1C[C@@H]2CN(C)C[C@]2(C(=O)O)C1. The van der Waals surface area contributed by atoms with E-state index in [1.54, 1.807) is 12.4 Å². The lowest BCUT2D eigenvalue weighted by atomic mass is 9.81. The number of hydrogen-bond donors (Lipinski definition) is 1. The highest BCUT2D eigenvalue weighted by Gasteiger charge is 2.56. The van der Waals surface area contributed by atoms with Gasteiger partial charge >= 0.3 is 5.97 Å². The Labute approximate surface area is 118 Å². The molecule has 0 saturated carbocycles. The van der Waals surface area contributed by atoms with Crippen LogP contribution in [0, 0.1) is 18.3 Å². The van der Waals surface area contributed by atoms with Gasteiger partial charge in [0.2, 0.25) is 0 Å². The maximum atomic E-state index is 11.7. The predicted octanol–water partition coefficient (Wildman–Crippen LogP) is 0.233. The van der Waals surface area contributed by atoms with Gasteiger partial charge in [0.1, 0.15) is 0 Å². The summed E-state index contributed by atoms with van der Waals surface area (Å²) in [7, 11) is 2.00. The Bertz CT molecular complexity index is 536. The van der Waals surface area contributed by atoms with Crippen molar-refractivity contribution in [2.45, 2.75) is 13.5 Å². The number of likely N-dealkylation sites (tertiary alicyclic amines) is 2. The van der Waals surface area contributed by atoms with E-state index in [9.17, 15) is 9.90 Å². The van der Waals surface area contributed by atoms with E-state index in [4.69, 9.17) is 0 Å². The van der Waals surface area contributed by atoms with Crippen LogP contribution in [0.2, 0.25) is 0 Å². The molecule has 2 aliphatic heterocycles. The first kappa shape index (κ1) is 13.5. The molecule has 20 heavy (non-hydrogen) atoms. The van der Waals surface area contributed by atoms with Crippen LogP contribution in [0.5, 0.6) is 0 Å². The summed E-state index contributed by atoms with van der Waals surface area (Å²) in [5, 5.41) is 9.65. The van der Waals surface area contributed by atoms with Gasteiger partial charge in [-0.1, -0.05) is 0 Å². The highest BCUT2D eigenvalue weighted by molar-refractivity contribution is 5.77. The Morgan fingerprint density at radius 1 is 1.40 bits per heavy atom. The lowest BCUT2D eigenvalue weighted by Crippen LogP contribution is -2.40. The topological polar surface area (TPSA) is 69.6 Å². The number of carbonyl (C=O) groups is 1. The van der Waals surface area contributed by atoms with Crippen LogP contribution in [0.3, 0.4) is 0 Å². The van der Waals surface area contributed by atoms with Gasteiger partial charge in [0.25, 0.3) is 0 Å². The molecule has 0 amide bonds. The highest BCUT2D eigenvalue weighted by Crippen LogP contribution is 2.42. The summed E-state index contributed by atoms with van der Waals surface area (Å²) < 4.78 is 0. The molecule has 0 aromatic carbocycles. The second kappa shape index (κ2) is 4.79. The van der Waals surface area contributed by atoms with Gasteiger partial charge in [0, 0.05) is 51.0 Å². The van der Waals surface area contributed by atoms with Crippen molar-refractivity contribution in [3.63, 3.8) is 0 Å². The largest absolute Gasteiger partial charge is 0.481 e. The van der Waals surface area contributed by atoms with Crippen molar-refractivity contribution in [1.29, 1.82) is 0 Å². The van der Waals surface area contributed by atoms with Crippen LogP contribution in [-0.4, -0.2) is 64.1 Å². The molecule has 108 valence electrons. The summed E-state index contributed by atoms with van der Waals surface area (Å²) in [6, 6.07) is 0. The van der Waals surface area contributed by atoms with Crippen LogP contribution in [0.4, 0.5) is 0 Å². The van der Waals surface area contributed by atoms with Crippen LogP contribution >= 0.6 is 0 Å². The van der Waals surface area contributed by atoms with Crippen LogP contribution in [-0.2, 0) is 11.3 Å². The third kappa shape index (κ3) is 2.09. The van der Waals surface area contributed by atoms with Gasteiger partial charge in [0.15, 0.2) is 0 Å². The molecular formula is C14H20N4O2. The molecule has 0 radical (unpaired) electrons. The fourth-order valence-electron chi connectivity index (χ4n) is 3.65. The van der Waals surface area contributed by atoms with Crippen molar-refractivity contribution < 1.29 is 9.90 Å². The first-order chi connectivity index (χ1) is 9.51. The van der Waals surface area contributed by atoms with Crippen LogP contribution in [0.1, 0.15) is 11.4 Å². The Hall–Kier alpha value is -1.53. The van der Waals surface area contributed by atoms with E-state index in [-0.39, 0.29) is 5.92 Å². The Morgan fingerprint density at radius 2 is 2.15 bits per heavy atom. The molecule has 2 atom stereocenters. The number of nitrogens with zero attached hydrogens (tertiary/aromatic N) is 4. The molecule has 2 saturated heterocycles. The van der Waals surface area contributed by atoms with E-state index in [1.807, 2.05) is 14.0 Å². The maximum absolute atomic E-state index is 11.7. The van der Waals surface area contributed by atoms with Crippen LogP contribution in [0.25, 0.3) is 0 Å². The van der Waals surface area contributed by atoms with Gasteiger partial charge in [-0.15, -0.1) is 0 Å². The van der Waals surface area contributed by atoms with Gasteiger partial charge in [-0.2, -0.15) is 0 Å². The molecule has 0 bridgehead atoms. The fraction of sp³-hybridized carbons (Fsp3) is 0.643. The third-order valence-electron chi connectivity index (χ3n) is 4.63. The Morgan fingerprint density at radius 3 is 2.80 bits per heavy atom. The Kier molecular flexibility index (Phi) is 3.22.